The van der Waals surface area contributed by atoms with Crippen LogP contribution in [0.4, 0.5) is 0 Å². The first-order valence-electron chi connectivity index (χ1n) is 17.8. The fourth-order valence-electron chi connectivity index (χ4n) is 7.54. The van der Waals surface area contributed by atoms with Gasteiger partial charge >= 0.3 is 0 Å². The van der Waals surface area contributed by atoms with Gasteiger partial charge in [0.2, 0.25) is 5.91 Å². The summed E-state index contributed by atoms with van der Waals surface area (Å²) in [5.41, 5.74) is 0. The quantitative estimate of drug-likeness (QED) is 0.123. The van der Waals surface area contributed by atoms with Gasteiger partial charge in [-0.05, 0) is 6.92 Å². The first kappa shape index (κ1) is 43.2. The Morgan fingerprint density at radius 3 is 1.29 bits per heavy atom. The molecule has 9 fully saturated rings. The Balaban J connectivity index is 1.43. The average molecular weight is 806 g/mol. The molecule has 55 heavy (non-hydrogen) atoms. The molecule has 9 aliphatic rings. The maximum Gasteiger partial charge on any atom is 0.217 e. The highest BCUT2D eigenvalue weighted by molar-refractivity contribution is 5.73. The standard InChI is InChI=1S/C31H51NO23/c1-7-14(38)17(41)26-30(46-7)55-25-16(40)10(4-34)48-31(25)52-23-12(6-36)49-28(20(44)19(23)43)53-24-13(32-8(2)37)27(47-9(3-33)15(24)39)51-22-11(5-35)50-29(54-26)21(45)18(22)42/h7,9-31,33-36,38-45H,3-6H2,1-2H3,(H,32,37)/t7-,9+,10+,11+,12+,13+,14-,15+,16+,17+,18+,19+,20+,21+,22-,23-,24+,25+,26+,27-,28-,29+,30-,31-/m0/s1. The van der Waals surface area contributed by atoms with Crippen molar-refractivity contribution in [1.29, 1.82) is 0 Å². The number of hydrogen-bond donors (Lipinski definition) is 13. The van der Waals surface area contributed by atoms with E-state index in [2.05, 4.69) is 5.32 Å². The van der Waals surface area contributed by atoms with Crippen LogP contribution in [0.25, 0.3) is 0 Å². The van der Waals surface area contributed by atoms with E-state index in [4.69, 9.17) is 47.4 Å². The molecule has 0 spiro atoms. The number of carbonyl (C=O) groups excluding carboxylic acids is 1. The third-order valence-electron chi connectivity index (χ3n) is 10.6. The van der Waals surface area contributed by atoms with E-state index in [1.165, 1.54) is 6.92 Å². The minimum absolute atomic E-state index is 0.740. The second kappa shape index (κ2) is 17.8. The van der Waals surface area contributed by atoms with Gasteiger partial charge in [-0.15, -0.1) is 0 Å². The Morgan fingerprint density at radius 1 is 0.418 bits per heavy atom. The summed E-state index contributed by atoms with van der Waals surface area (Å²) in [4.78, 5) is 12.5. The Hall–Kier alpha value is -1.41. The Bertz CT molecular complexity index is 1270. The van der Waals surface area contributed by atoms with Crippen molar-refractivity contribution in [2.24, 2.45) is 0 Å². The highest BCUT2D eigenvalue weighted by atomic mass is 16.8. The summed E-state index contributed by atoms with van der Waals surface area (Å²) >= 11 is 0. The molecule has 1 amide bonds. The molecular formula is C31H51NO23. The molecule has 0 aromatic rings. The number of hydrogen-bond acceptors (Lipinski definition) is 23. The van der Waals surface area contributed by atoms with Crippen molar-refractivity contribution in [3.63, 3.8) is 0 Å². The number of ether oxygens (including phenoxy) is 10. The summed E-state index contributed by atoms with van der Waals surface area (Å²) in [5, 5.41) is 133. The predicted molar refractivity (Wildman–Crippen MR) is 167 cm³/mol. The summed E-state index contributed by atoms with van der Waals surface area (Å²) in [7, 11) is 0. The summed E-state index contributed by atoms with van der Waals surface area (Å²) < 4.78 is 58.4. The predicted octanol–water partition coefficient (Wildman–Crippen LogP) is -9.07. The van der Waals surface area contributed by atoms with Gasteiger partial charge in [-0.3, -0.25) is 4.79 Å². The first-order chi connectivity index (χ1) is 26.1. The third kappa shape index (κ3) is 8.40. The fraction of sp³-hybridized carbons (Fsp3) is 0.968. The van der Waals surface area contributed by atoms with Gasteiger partial charge in [0.15, 0.2) is 31.5 Å². The third-order valence-corrected chi connectivity index (χ3v) is 10.6. The van der Waals surface area contributed by atoms with E-state index in [-0.39, 0.29) is 0 Å². The van der Waals surface area contributed by atoms with E-state index in [1.54, 1.807) is 0 Å². The molecule has 9 heterocycles. The SMILES string of the molecule is CC(=O)N[C@H]1[C@@H]2O[C@@H]3[C@H](O)[C@@H](O)[C@@H](O[C@H]4[C@H](O[C@H]5[C@H](O[C@@H]6[C@H](O)[C@@H](O)[C@H](O[C@H]1[C@H](O)[C@@H](CO)O2)O[C@@H]6CO)O[C@H](CO)[C@H]5O)O[C@@H](C)[C@H](O)[C@H]4O)O[C@@H]3CO. The van der Waals surface area contributed by atoms with Gasteiger partial charge in [0, 0.05) is 6.92 Å². The molecule has 0 saturated carbocycles. The second-order valence-corrected chi connectivity index (χ2v) is 14.3. The van der Waals surface area contributed by atoms with Crippen LogP contribution >= 0.6 is 0 Å². The summed E-state index contributed by atoms with van der Waals surface area (Å²) in [5.74, 6) is -0.740. The normalized spacial score (nSPS) is 53.6. The molecule has 0 aromatic carbocycles. The Kier molecular flexibility index (Phi) is 14.0. The van der Waals surface area contributed by atoms with Crippen molar-refractivity contribution >= 4 is 5.91 Å². The van der Waals surface area contributed by atoms with Crippen LogP contribution in [0.15, 0.2) is 0 Å². The van der Waals surface area contributed by atoms with Crippen molar-refractivity contribution in [2.45, 2.75) is 161 Å². The lowest BCUT2D eigenvalue weighted by atomic mass is 9.94. The van der Waals surface area contributed by atoms with Gasteiger partial charge in [0.1, 0.15) is 110 Å². The highest BCUT2D eigenvalue weighted by Crippen LogP contribution is 2.38. The smallest absolute Gasteiger partial charge is 0.217 e. The van der Waals surface area contributed by atoms with Crippen LogP contribution in [-0.4, -0.2) is 241 Å². The van der Waals surface area contributed by atoms with Crippen LogP contribution in [-0.2, 0) is 52.2 Å². The van der Waals surface area contributed by atoms with E-state index in [0.29, 0.717) is 0 Å². The lowest BCUT2D eigenvalue weighted by Gasteiger charge is -2.50. The molecule has 0 aliphatic carbocycles. The number of carbonyl (C=O) groups is 1. The molecule has 9 saturated heterocycles. The van der Waals surface area contributed by atoms with Crippen LogP contribution < -0.4 is 5.32 Å². The molecule has 9 aliphatic heterocycles. The maximum atomic E-state index is 12.5. The molecule has 6 bridgehead atoms. The first-order valence-corrected chi connectivity index (χ1v) is 17.8. The van der Waals surface area contributed by atoms with Gasteiger partial charge in [-0.1, -0.05) is 0 Å². The Morgan fingerprint density at radius 2 is 0.782 bits per heavy atom. The van der Waals surface area contributed by atoms with Gasteiger partial charge in [0.05, 0.1) is 32.5 Å². The van der Waals surface area contributed by atoms with E-state index >= 15 is 0 Å². The van der Waals surface area contributed by atoms with Crippen molar-refractivity contribution in [2.75, 3.05) is 26.4 Å². The monoisotopic (exact) mass is 805 g/mol. The maximum absolute atomic E-state index is 12.5. The molecule has 9 rings (SSSR count). The molecule has 24 atom stereocenters. The van der Waals surface area contributed by atoms with Crippen molar-refractivity contribution in [3.05, 3.63) is 0 Å². The molecule has 0 aromatic heterocycles. The number of aliphatic hydroxyl groups excluding tert-OH is 12. The van der Waals surface area contributed by atoms with Crippen LogP contribution in [0, 0.1) is 0 Å². The largest absolute Gasteiger partial charge is 0.394 e. The van der Waals surface area contributed by atoms with Crippen LogP contribution in [0.5, 0.6) is 0 Å². The minimum Gasteiger partial charge on any atom is -0.394 e. The molecule has 24 heteroatoms. The van der Waals surface area contributed by atoms with Gasteiger partial charge < -0.3 is 114 Å². The summed E-state index contributed by atoms with van der Waals surface area (Å²) in [6.07, 6.45) is -40.0. The number of nitrogens with one attached hydrogen (secondary N) is 1. The zero-order valence-corrected chi connectivity index (χ0v) is 29.5. The lowest BCUT2D eigenvalue weighted by molar-refractivity contribution is -0.395. The molecule has 24 nitrogen and oxygen atoms in total. The number of aliphatic hydroxyl groups is 12. The van der Waals surface area contributed by atoms with Crippen molar-refractivity contribution in [3.8, 4) is 0 Å². The molecule has 0 radical (unpaired) electrons. The van der Waals surface area contributed by atoms with Crippen molar-refractivity contribution < 1.29 is 113 Å². The molecule has 13 N–H and O–H groups in total. The topological polar surface area (TPSA) is 364 Å². The molecular weight excluding hydrogens is 754 g/mol. The zero-order chi connectivity index (χ0) is 40.0. The van der Waals surface area contributed by atoms with Gasteiger partial charge in [0.25, 0.3) is 0 Å². The van der Waals surface area contributed by atoms with E-state index in [9.17, 15) is 66.1 Å². The van der Waals surface area contributed by atoms with Crippen LogP contribution in [0.1, 0.15) is 13.8 Å². The summed E-state index contributed by atoms with van der Waals surface area (Å²) in [6.45, 7) is -1.04. The lowest BCUT2D eigenvalue weighted by Crippen LogP contribution is -2.70. The van der Waals surface area contributed by atoms with Gasteiger partial charge in [-0.2, -0.15) is 0 Å². The number of amides is 1. The summed E-state index contributed by atoms with van der Waals surface area (Å²) in [6, 6.07) is -1.58. The average Bonchev–Trinajstić information content (AvgIpc) is 3.45. The van der Waals surface area contributed by atoms with Gasteiger partial charge in [-0.25, -0.2) is 0 Å². The molecule has 318 valence electrons. The van der Waals surface area contributed by atoms with Crippen LogP contribution in [0.2, 0.25) is 0 Å². The Labute approximate surface area is 312 Å². The van der Waals surface area contributed by atoms with E-state index in [1.807, 2.05) is 0 Å². The minimum atomic E-state index is -2.05. The molecule has 0 unspecified atom stereocenters. The zero-order valence-electron chi connectivity index (χ0n) is 29.5. The van der Waals surface area contributed by atoms with E-state index < -0.39 is 180 Å². The second-order valence-electron chi connectivity index (χ2n) is 14.3. The highest BCUT2D eigenvalue weighted by Gasteiger charge is 2.58. The number of rotatable bonds is 5. The van der Waals surface area contributed by atoms with Crippen LogP contribution in [0.3, 0.4) is 0 Å². The fourth-order valence-corrected chi connectivity index (χ4v) is 7.54. The van der Waals surface area contributed by atoms with E-state index in [0.717, 1.165) is 6.92 Å². The van der Waals surface area contributed by atoms with Crippen molar-refractivity contribution in [1.82, 2.24) is 5.32 Å².